The van der Waals surface area contributed by atoms with Crippen LogP contribution in [0.5, 0.6) is 0 Å². The highest BCUT2D eigenvalue weighted by Gasteiger charge is 2.24. The molecule has 26 heavy (non-hydrogen) atoms. The zero-order valence-corrected chi connectivity index (χ0v) is 15.7. The molecule has 1 aliphatic rings. The smallest absolute Gasteiger partial charge is 0.223 e. The summed E-state index contributed by atoms with van der Waals surface area (Å²) in [6.07, 6.45) is 1.85. The van der Waals surface area contributed by atoms with Crippen molar-refractivity contribution < 1.29 is 4.79 Å². The Bertz CT molecular complexity index is 699. The second-order valence-corrected chi connectivity index (χ2v) is 7.04. The molecule has 0 unspecified atom stereocenters. The first-order valence-electron chi connectivity index (χ1n) is 9.60. The van der Waals surface area contributed by atoms with Gasteiger partial charge in [0.05, 0.1) is 0 Å². The average Bonchev–Trinajstić information content (AvgIpc) is 2.68. The van der Waals surface area contributed by atoms with E-state index in [9.17, 15) is 4.79 Å². The number of para-hydroxylation sites is 1. The molecular weight excluding hydrogens is 322 g/mol. The predicted octanol–water partition coefficient (Wildman–Crippen LogP) is 3.85. The number of amides is 1. The normalized spacial score (nSPS) is 19.8. The highest BCUT2D eigenvalue weighted by molar-refractivity contribution is 5.78. The third-order valence-corrected chi connectivity index (χ3v) is 5.09. The molecule has 4 heteroatoms. The molecule has 1 aliphatic heterocycles. The quantitative estimate of drug-likeness (QED) is 0.831. The van der Waals surface area contributed by atoms with Crippen molar-refractivity contribution in [3.8, 4) is 0 Å². The van der Waals surface area contributed by atoms with Crippen molar-refractivity contribution in [2.75, 3.05) is 18.0 Å². The maximum atomic E-state index is 12.4. The Labute approximate surface area is 156 Å². The first-order valence-corrected chi connectivity index (χ1v) is 9.60. The van der Waals surface area contributed by atoms with Crippen LogP contribution in [0.3, 0.4) is 0 Å². The average molecular weight is 351 g/mol. The Morgan fingerprint density at radius 2 is 1.81 bits per heavy atom. The van der Waals surface area contributed by atoms with Crippen molar-refractivity contribution in [2.24, 2.45) is 5.92 Å². The zero-order valence-electron chi connectivity index (χ0n) is 15.7. The first kappa shape index (κ1) is 18.5. The van der Waals surface area contributed by atoms with E-state index < -0.39 is 0 Å². The number of hydrogen-bond acceptors (Lipinski definition) is 3. The fourth-order valence-corrected chi connectivity index (χ4v) is 3.62. The van der Waals surface area contributed by atoms with Crippen LogP contribution in [0.4, 0.5) is 11.4 Å². The topological polar surface area (TPSA) is 44.4 Å². The summed E-state index contributed by atoms with van der Waals surface area (Å²) >= 11 is 0. The summed E-state index contributed by atoms with van der Waals surface area (Å²) in [6.45, 7) is 6.73. The Morgan fingerprint density at radius 3 is 2.46 bits per heavy atom. The van der Waals surface area contributed by atoms with Gasteiger partial charge in [0.15, 0.2) is 0 Å². The predicted molar refractivity (Wildman–Crippen MR) is 108 cm³/mol. The van der Waals surface area contributed by atoms with Crippen LogP contribution in [0.1, 0.15) is 32.3 Å². The van der Waals surface area contributed by atoms with Crippen molar-refractivity contribution in [3.05, 3.63) is 60.2 Å². The molecule has 2 aromatic rings. The van der Waals surface area contributed by atoms with E-state index in [1.807, 2.05) is 6.07 Å². The summed E-state index contributed by atoms with van der Waals surface area (Å²) in [5, 5.41) is 6.49. The lowest BCUT2D eigenvalue weighted by atomic mass is 9.92. The molecule has 1 saturated heterocycles. The Hall–Kier alpha value is -2.33. The molecule has 1 amide bonds. The van der Waals surface area contributed by atoms with Crippen LogP contribution < -0.4 is 15.5 Å². The van der Waals surface area contributed by atoms with E-state index >= 15 is 0 Å². The standard InChI is InChI=1S/C22H29N3O/c1-3-25(20-7-5-4-6-8-20)21-11-9-18(10-12-21)16-24-22(26)19-13-14-23-17(2)15-19/h4-12,17,19,23H,3,13-16H2,1-2H3,(H,24,26)/t17-,19-/m0/s1. The lowest BCUT2D eigenvalue weighted by Gasteiger charge is -2.27. The second kappa shape index (κ2) is 8.86. The van der Waals surface area contributed by atoms with Crippen molar-refractivity contribution in [1.82, 2.24) is 10.6 Å². The second-order valence-electron chi connectivity index (χ2n) is 7.04. The fraction of sp³-hybridized carbons (Fsp3) is 0.409. The number of carbonyl (C=O) groups excluding carboxylic acids is 1. The minimum absolute atomic E-state index is 0.138. The fourth-order valence-electron chi connectivity index (χ4n) is 3.62. The number of piperidine rings is 1. The van der Waals surface area contributed by atoms with Crippen molar-refractivity contribution in [2.45, 2.75) is 39.3 Å². The summed E-state index contributed by atoms with van der Waals surface area (Å²) in [4.78, 5) is 14.7. The SMILES string of the molecule is CCN(c1ccccc1)c1ccc(CNC(=O)[C@H]2CCN[C@@H](C)C2)cc1. The third kappa shape index (κ3) is 4.64. The van der Waals surface area contributed by atoms with E-state index in [2.05, 4.69) is 77.9 Å². The Morgan fingerprint density at radius 1 is 1.12 bits per heavy atom. The maximum Gasteiger partial charge on any atom is 0.223 e. The van der Waals surface area contributed by atoms with Gasteiger partial charge in [-0.25, -0.2) is 0 Å². The third-order valence-electron chi connectivity index (χ3n) is 5.09. The van der Waals surface area contributed by atoms with Gasteiger partial charge in [-0.1, -0.05) is 30.3 Å². The van der Waals surface area contributed by atoms with Gasteiger partial charge in [0, 0.05) is 36.4 Å². The molecule has 138 valence electrons. The lowest BCUT2D eigenvalue weighted by Crippen LogP contribution is -2.42. The van der Waals surface area contributed by atoms with Gasteiger partial charge in [0.1, 0.15) is 0 Å². The number of nitrogens with one attached hydrogen (secondary N) is 2. The molecule has 2 atom stereocenters. The summed E-state index contributed by atoms with van der Waals surface area (Å²) in [5.74, 6) is 0.320. The van der Waals surface area contributed by atoms with Gasteiger partial charge in [-0.05, 0) is 63.1 Å². The maximum absolute atomic E-state index is 12.4. The molecular formula is C22H29N3O. The summed E-state index contributed by atoms with van der Waals surface area (Å²) in [5.41, 5.74) is 3.49. The Kier molecular flexibility index (Phi) is 6.29. The van der Waals surface area contributed by atoms with Crippen molar-refractivity contribution in [1.29, 1.82) is 0 Å². The minimum atomic E-state index is 0.138. The molecule has 1 fully saturated rings. The molecule has 3 rings (SSSR count). The summed E-state index contributed by atoms with van der Waals surface area (Å²) in [6, 6.07) is 19.3. The highest BCUT2D eigenvalue weighted by atomic mass is 16.1. The van der Waals surface area contributed by atoms with E-state index in [1.54, 1.807) is 0 Å². The molecule has 0 aromatic heterocycles. The van der Waals surface area contributed by atoms with Gasteiger partial charge in [0.2, 0.25) is 5.91 Å². The molecule has 4 nitrogen and oxygen atoms in total. The van der Waals surface area contributed by atoms with Gasteiger partial charge in [-0.15, -0.1) is 0 Å². The van der Waals surface area contributed by atoms with Gasteiger partial charge < -0.3 is 15.5 Å². The zero-order chi connectivity index (χ0) is 18.4. The molecule has 0 aliphatic carbocycles. The monoisotopic (exact) mass is 351 g/mol. The van der Waals surface area contributed by atoms with Crippen LogP contribution in [-0.2, 0) is 11.3 Å². The minimum Gasteiger partial charge on any atom is -0.352 e. The van der Waals surface area contributed by atoms with Crippen molar-refractivity contribution >= 4 is 17.3 Å². The van der Waals surface area contributed by atoms with Crippen molar-refractivity contribution in [3.63, 3.8) is 0 Å². The van der Waals surface area contributed by atoms with Gasteiger partial charge in [-0.3, -0.25) is 4.79 Å². The number of benzene rings is 2. The van der Waals surface area contributed by atoms with Gasteiger partial charge >= 0.3 is 0 Å². The van der Waals surface area contributed by atoms with Crippen LogP contribution in [0.15, 0.2) is 54.6 Å². The van der Waals surface area contributed by atoms with Gasteiger partial charge in [-0.2, -0.15) is 0 Å². The van der Waals surface area contributed by atoms with Crippen LogP contribution in [0.25, 0.3) is 0 Å². The molecule has 0 radical (unpaired) electrons. The molecule has 2 aromatic carbocycles. The largest absolute Gasteiger partial charge is 0.352 e. The molecule has 1 heterocycles. The number of nitrogens with zero attached hydrogens (tertiary/aromatic N) is 1. The molecule has 2 N–H and O–H groups in total. The van der Waals surface area contributed by atoms with Gasteiger partial charge in [0.25, 0.3) is 0 Å². The number of hydrogen-bond donors (Lipinski definition) is 2. The van der Waals surface area contributed by atoms with Crippen LogP contribution in [0.2, 0.25) is 0 Å². The number of anilines is 2. The number of carbonyl (C=O) groups is 1. The van der Waals surface area contributed by atoms with E-state index in [0.29, 0.717) is 12.6 Å². The van der Waals surface area contributed by atoms with Crippen LogP contribution >= 0.6 is 0 Å². The molecule has 0 saturated carbocycles. The lowest BCUT2D eigenvalue weighted by molar-refractivity contribution is -0.126. The highest BCUT2D eigenvalue weighted by Crippen LogP contribution is 2.25. The Balaban J connectivity index is 1.58. The molecule has 0 spiro atoms. The van der Waals surface area contributed by atoms with Crippen LogP contribution in [-0.4, -0.2) is 25.0 Å². The van der Waals surface area contributed by atoms with E-state index in [-0.39, 0.29) is 11.8 Å². The van der Waals surface area contributed by atoms with E-state index in [1.165, 1.54) is 11.4 Å². The van der Waals surface area contributed by atoms with E-state index in [0.717, 1.165) is 31.5 Å². The van der Waals surface area contributed by atoms with Crippen LogP contribution in [0, 0.1) is 5.92 Å². The molecule has 0 bridgehead atoms. The number of rotatable bonds is 6. The van der Waals surface area contributed by atoms with E-state index in [4.69, 9.17) is 0 Å². The first-order chi connectivity index (χ1) is 12.7. The summed E-state index contributed by atoms with van der Waals surface area (Å²) < 4.78 is 0. The summed E-state index contributed by atoms with van der Waals surface area (Å²) in [7, 11) is 0.